The van der Waals surface area contributed by atoms with Gasteiger partial charge in [-0.2, -0.15) is 0 Å². The molecule has 1 heterocycles. The summed E-state index contributed by atoms with van der Waals surface area (Å²) in [5, 5.41) is 0. The fourth-order valence-electron chi connectivity index (χ4n) is 1.04. The van der Waals surface area contributed by atoms with Crippen molar-refractivity contribution in [1.29, 1.82) is 0 Å². The highest BCUT2D eigenvalue weighted by molar-refractivity contribution is 5.15. The van der Waals surface area contributed by atoms with E-state index in [1.807, 2.05) is 0 Å². The molecule has 0 amide bonds. The molecule has 0 saturated carbocycles. The summed E-state index contributed by atoms with van der Waals surface area (Å²) in [5.74, 6) is -0.279. The number of nitrogens with one attached hydrogen (secondary N) is 1. The number of H-pyrrole nitrogens is 1. The van der Waals surface area contributed by atoms with E-state index in [0.717, 1.165) is 0 Å². The second kappa shape index (κ2) is 4.23. The summed E-state index contributed by atoms with van der Waals surface area (Å²) < 4.78 is 17.7. The molecule has 0 aliphatic heterocycles. The van der Waals surface area contributed by atoms with Crippen LogP contribution >= 0.6 is 0 Å². The molecule has 12 heavy (non-hydrogen) atoms. The van der Waals surface area contributed by atoms with Gasteiger partial charge in [0.25, 0.3) is 0 Å². The fourth-order valence-corrected chi connectivity index (χ4v) is 1.04. The Labute approximate surface area is 70.7 Å². The van der Waals surface area contributed by atoms with Crippen LogP contribution in [0, 0.1) is 5.82 Å². The Hall–Kier alpha value is -0.870. The van der Waals surface area contributed by atoms with Gasteiger partial charge in [-0.05, 0) is 6.42 Å². The number of hydrogen-bond donors (Lipinski definition) is 2. The van der Waals surface area contributed by atoms with Gasteiger partial charge in [0.2, 0.25) is 0 Å². The number of nitrogens with two attached hydrogens (primary N) is 1. The normalized spacial score (nSPS) is 13.2. The molecular weight excluding hydrogens is 159 g/mol. The van der Waals surface area contributed by atoms with Crippen LogP contribution in [-0.2, 0) is 4.74 Å². The van der Waals surface area contributed by atoms with Crippen LogP contribution in [0.1, 0.15) is 18.0 Å². The third-order valence-corrected chi connectivity index (χ3v) is 1.76. The van der Waals surface area contributed by atoms with Gasteiger partial charge in [-0.25, -0.2) is 4.39 Å². The summed E-state index contributed by atoms with van der Waals surface area (Å²) in [7, 11) is 1.60. The minimum atomic E-state index is -0.281. The Morgan fingerprint density at radius 1 is 1.67 bits per heavy atom. The first-order valence-electron chi connectivity index (χ1n) is 3.82. The van der Waals surface area contributed by atoms with Crippen LogP contribution in [0.5, 0.6) is 0 Å². The van der Waals surface area contributed by atoms with Crippen molar-refractivity contribution in [3.8, 4) is 0 Å². The highest BCUT2D eigenvalue weighted by atomic mass is 19.1. The molecular formula is C8H13FN2O. The first-order chi connectivity index (χ1) is 5.75. The van der Waals surface area contributed by atoms with Gasteiger partial charge < -0.3 is 15.5 Å². The van der Waals surface area contributed by atoms with Crippen molar-refractivity contribution >= 4 is 0 Å². The average Bonchev–Trinajstić information content (AvgIpc) is 2.47. The fraction of sp³-hybridized carbons (Fsp3) is 0.500. The van der Waals surface area contributed by atoms with Crippen molar-refractivity contribution in [3.63, 3.8) is 0 Å². The van der Waals surface area contributed by atoms with E-state index < -0.39 is 0 Å². The molecule has 3 nitrogen and oxygen atoms in total. The molecule has 3 N–H and O–H groups in total. The monoisotopic (exact) mass is 172 g/mol. The van der Waals surface area contributed by atoms with Gasteiger partial charge in [0, 0.05) is 37.7 Å². The summed E-state index contributed by atoms with van der Waals surface area (Å²) in [6.07, 6.45) is 3.50. The lowest BCUT2D eigenvalue weighted by Gasteiger charge is -2.08. The van der Waals surface area contributed by atoms with Crippen molar-refractivity contribution in [1.82, 2.24) is 4.98 Å². The number of aromatic amines is 1. The standard InChI is InChI=1S/C8H13FN2O/c1-12-3-2-8(10)6-4-11-5-7(6)9/h4-5,8,11H,2-3,10H2,1H3/t8-/m1/s1. The molecule has 0 spiro atoms. The van der Waals surface area contributed by atoms with Crippen LogP contribution < -0.4 is 5.73 Å². The van der Waals surface area contributed by atoms with E-state index in [0.29, 0.717) is 18.6 Å². The van der Waals surface area contributed by atoms with Crippen molar-refractivity contribution in [2.75, 3.05) is 13.7 Å². The first kappa shape index (κ1) is 9.22. The maximum atomic E-state index is 12.9. The maximum absolute atomic E-state index is 12.9. The smallest absolute Gasteiger partial charge is 0.145 e. The molecule has 0 aliphatic carbocycles. The lowest BCUT2D eigenvalue weighted by molar-refractivity contribution is 0.187. The summed E-state index contributed by atoms with van der Waals surface area (Å²) in [6, 6.07) is -0.281. The molecule has 68 valence electrons. The second-order valence-electron chi connectivity index (χ2n) is 2.65. The van der Waals surface area contributed by atoms with E-state index in [9.17, 15) is 4.39 Å². The van der Waals surface area contributed by atoms with Crippen LogP contribution in [-0.4, -0.2) is 18.7 Å². The average molecular weight is 172 g/mol. The van der Waals surface area contributed by atoms with E-state index in [-0.39, 0.29) is 11.9 Å². The molecule has 0 fully saturated rings. The van der Waals surface area contributed by atoms with Crippen LogP contribution in [0.15, 0.2) is 12.4 Å². The summed E-state index contributed by atoms with van der Waals surface area (Å²) in [6.45, 7) is 0.547. The molecule has 1 atom stereocenters. The van der Waals surface area contributed by atoms with Crippen molar-refractivity contribution in [2.45, 2.75) is 12.5 Å². The summed E-state index contributed by atoms with van der Waals surface area (Å²) >= 11 is 0. The van der Waals surface area contributed by atoms with Crippen LogP contribution in [0.2, 0.25) is 0 Å². The molecule has 0 radical (unpaired) electrons. The molecule has 4 heteroatoms. The third kappa shape index (κ3) is 2.06. The van der Waals surface area contributed by atoms with Gasteiger partial charge in [0.05, 0.1) is 0 Å². The lowest BCUT2D eigenvalue weighted by Crippen LogP contribution is -2.13. The van der Waals surface area contributed by atoms with Gasteiger partial charge in [-0.1, -0.05) is 0 Å². The molecule has 1 rings (SSSR count). The highest BCUT2D eigenvalue weighted by Crippen LogP contribution is 2.16. The Balaban J connectivity index is 2.52. The molecule has 0 bridgehead atoms. The van der Waals surface area contributed by atoms with Crippen molar-refractivity contribution in [3.05, 3.63) is 23.8 Å². The zero-order chi connectivity index (χ0) is 8.97. The third-order valence-electron chi connectivity index (χ3n) is 1.76. The van der Waals surface area contributed by atoms with Gasteiger partial charge in [-0.3, -0.25) is 0 Å². The minimum absolute atomic E-state index is 0.279. The summed E-state index contributed by atoms with van der Waals surface area (Å²) in [5.41, 5.74) is 6.21. The predicted octanol–water partition coefficient (Wildman–Crippen LogP) is 1.19. The van der Waals surface area contributed by atoms with Crippen molar-refractivity contribution in [2.24, 2.45) is 5.73 Å². The Morgan fingerprint density at radius 2 is 2.42 bits per heavy atom. The van der Waals surface area contributed by atoms with Gasteiger partial charge >= 0.3 is 0 Å². The van der Waals surface area contributed by atoms with E-state index in [1.54, 1.807) is 13.3 Å². The Kier molecular flexibility index (Phi) is 3.25. The predicted molar refractivity (Wildman–Crippen MR) is 44.2 cm³/mol. The maximum Gasteiger partial charge on any atom is 0.145 e. The van der Waals surface area contributed by atoms with Crippen LogP contribution in [0.3, 0.4) is 0 Å². The van der Waals surface area contributed by atoms with E-state index in [4.69, 9.17) is 10.5 Å². The zero-order valence-electron chi connectivity index (χ0n) is 7.01. The molecule has 1 aromatic heterocycles. The second-order valence-corrected chi connectivity index (χ2v) is 2.65. The number of rotatable bonds is 4. The number of hydrogen-bond acceptors (Lipinski definition) is 2. The van der Waals surface area contributed by atoms with Crippen LogP contribution in [0.4, 0.5) is 4.39 Å². The Bertz CT molecular complexity index is 237. The number of aromatic nitrogens is 1. The highest BCUT2D eigenvalue weighted by Gasteiger charge is 2.11. The van der Waals surface area contributed by atoms with E-state index >= 15 is 0 Å². The Morgan fingerprint density at radius 3 is 2.92 bits per heavy atom. The zero-order valence-corrected chi connectivity index (χ0v) is 7.01. The van der Waals surface area contributed by atoms with Crippen molar-refractivity contribution < 1.29 is 9.13 Å². The van der Waals surface area contributed by atoms with Gasteiger partial charge in [-0.15, -0.1) is 0 Å². The molecule has 0 unspecified atom stereocenters. The molecule has 1 aromatic rings. The quantitative estimate of drug-likeness (QED) is 0.716. The van der Waals surface area contributed by atoms with E-state index in [2.05, 4.69) is 4.98 Å². The molecule has 0 aliphatic rings. The first-order valence-corrected chi connectivity index (χ1v) is 3.82. The summed E-state index contributed by atoms with van der Waals surface area (Å²) in [4.78, 5) is 2.66. The topological polar surface area (TPSA) is 51.0 Å². The minimum Gasteiger partial charge on any atom is -0.385 e. The largest absolute Gasteiger partial charge is 0.385 e. The van der Waals surface area contributed by atoms with Gasteiger partial charge in [0.15, 0.2) is 0 Å². The number of methoxy groups -OCH3 is 1. The van der Waals surface area contributed by atoms with Gasteiger partial charge in [0.1, 0.15) is 5.82 Å². The van der Waals surface area contributed by atoms with Crippen LogP contribution in [0.25, 0.3) is 0 Å². The number of ether oxygens (including phenoxy) is 1. The molecule has 0 saturated heterocycles. The lowest BCUT2D eigenvalue weighted by atomic mass is 10.1. The number of halogens is 1. The van der Waals surface area contributed by atoms with E-state index in [1.165, 1.54) is 6.20 Å². The molecule has 0 aromatic carbocycles. The SMILES string of the molecule is COCC[C@@H](N)c1c[nH]cc1F.